The highest BCUT2D eigenvalue weighted by Gasteiger charge is 2.21. The van der Waals surface area contributed by atoms with Crippen molar-refractivity contribution >= 4 is 34.4 Å². The predicted octanol–water partition coefficient (Wildman–Crippen LogP) is 4.51. The van der Waals surface area contributed by atoms with E-state index in [4.69, 9.17) is 9.47 Å². The topological polar surface area (TPSA) is 86.5 Å². The molecule has 4 aromatic rings. The van der Waals surface area contributed by atoms with Gasteiger partial charge in [0.05, 0.1) is 30.9 Å². The van der Waals surface area contributed by atoms with Crippen LogP contribution in [0.4, 0.5) is 0 Å². The van der Waals surface area contributed by atoms with E-state index < -0.39 is 5.97 Å². The van der Waals surface area contributed by atoms with Gasteiger partial charge in [-0.2, -0.15) is 0 Å². The molecule has 0 radical (unpaired) electrons. The molecule has 0 aliphatic heterocycles. The van der Waals surface area contributed by atoms with Crippen molar-refractivity contribution in [3.05, 3.63) is 59.7 Å². The van der Waals surface area contributed by atoms with Crippen molar-refractivity contribution in [3.8, 4) is 27.9 Å². The summed E-state index contributed by atoms with van der Waals surface area (Å²) in [7, 11) is 3.12. The van der Waals surface area contributed by atoms with Crippen LogP contribution in [0.2, 0.25) is 0 Å². The second-order valence-corrected chi connectivity index (χ2v) is 7.10. The number of methoxy groups -OCH3 is 2. The van der Waals surface area contributed by atoms with Gasteiger partial charge < -0.3 is 14.6 Å². The summed E-state index contributed by atoms with van der Waals surface area (Å²) in [6.45, 7) is 3.77. The monoisotopic (exact) mass is 407 g/mol. The summed E-state index contributed by atoms with van der Waals surface area (Å²) in [6.07, 6.45) is 3.32. The van der Waals surface area contributed by atoms with E-state index in [1.165, 1.54) is 0 Å². The van der Waals surface area contributed by atoms with Gasteiger partial charge in [-0.1, -0.05) is 42.2 Å². The number of hydrogen-bond donors (Lipinski definition) is 1. The molecule has 0 fully saturated rings. The molecule has 0 unspecified atom stereocenters. The maximum Gasteiger partial charge on any atom is 0.348 e. The number of benzene rings is 2. The first-order valence-electron chi connectivity index (χ1n) is 8.62. The molecule has 0 spiro atoms. The van der Waals surface area contributed by atoms with Gasteiger partial charge in [0.2, 0.25) is 0 Å². The minimum absolute atomic E-state index is 0.156. The van der Waals surface area contributed by atoms with Gasteiger partial charge in [0.25, 0.3) is 0 Å². The van der Waals surface area contributed by atoms with Crippen LogP contribution in [-0.2, 0) is 0 Å². The van der Waals surface area contributed by atoms with Crippen LogP contribution in [0.3, 0.4) is 0 Å². The number of carboxylic acid groups (broad SMARTS) is 1. The molecule has 0 saturated carbocycles. The molecule has 29 heavy (non-hydrogen) atoms. The molecule has 146 valence electrons. The second kappa shape index (κ2) is 7.40. The summed E-state index contributed by atoms with van der Waals surface area (Å²) in [5.41, 5.74) is 3.43. The number of rotatable bonds is 6. The fourth-order valence-corrected chi connectivity index (χ4v) is 3.96. The quantitative estimate of drug-likeness (QED) is 0.506. The van der Waals surface area contributed by atoms with Crippen molar-refractivity contribution in [1.29, 1.82) is 0 Å². The number of aromatic nitrogens is 3. The Morgan fingerprint density at radius 2 is 1.97 bits per heavy atom. The van der Waals surface area contributed by atoms with Crippen LogP contribution in [0, 0.1) is 0 Å². The lowest BCUT2D eigenvalue weighted by Gasteiger charge is -2.07. The van der Waals surface area contributed by atoms with Gasteiger partial charge in [0, 0.05) is 17.7 Å². The highest BCUT2D eigenvalue weighted by molar-refractivity contribution is 7.16. The molecule has 0 atom stereocenters. The highest BCUT2D eigenvalue weighted by Crippen LogP contribution is 2.35. The second-order valence-electron chi connectivity index (χ2n) is 6.12. The maximum atomic E-state index is 11.9. The Bertz CT molecular complexity index is 1240. The first-order chi connectivity index (χ1) is 14.0. The zero-order valence-corrected chi connectivity index (χ0v) is 16.6. The molecule has 0 aliphatic rings. The number of thiazole rings is 1. The molecule has 0 saturated heterocycles. The number of carbonyl (C=O) groups is 1. The number of hydrogen-bond acceptors (Lipinski definition) is 6. The molecule has 2 aromatic heterocycles. The molecular weight excluding hydrogens is 390 g/mol. The fraction of sp³-hybridized carbons (Fsp3) is 0.0952. The Morgan fingerprint density at radius 1 is 1.21 bits per heavy atom. The minimum Gasteiger partial charge on any atom is -0.493 e. The highest BCUT2D eigenvalue weighted by atomic mass is 32.1. The number of imidazole rings is 1. The van der Waals surface area contributed by atoms with Crippen molar-refractivity contribution in [3.63, 3.8) is 0 Å². The van der Waals surface area contributed by atoms with Crippen LogP contribution >= 0.6 is 11.3 Å². The fourth-order valence-electron chi connectivity index (χ4n) is 3.05. The van der Waals surface area contributed by atoms with E-state index >= 15 is 0 Å². The van der Waals surface area contributed by atoms with Crippen LogP contribution in [0.1, 0.15) is 15.2 Å². The van der Waals surface area contributed by atoms with Gasteiger partial charge in [-0.15, -0.1) is 0 Å². The van der Waals surface area contributed by atoms with Crippen LogP contribution in [0.25, 0.3) is 33.5 Å². The Labute approximate surface area is 170 Å². The summed E-state index contributed by atoms with van der Waals surface area (Å²) in [6, 6.07) is 11.0. The Morgan fingerprint density at radius 3 is 2.66 bits per heavy atom. The van der Waals surface area contributed by atoms with Crippen LogP contribution in [0.5, 0.6) is 11.5 Å². The van der Waals surface area contributed by atoms with E-state index in [9.17, 15) is 9.90 Å². The molecule has 4 rings (SSSR count). The van der Waals surface area contributed by atoms with Crippen LogP contribution in [0.15, 0.2) is 49.3 Å². The summed E-state index contributed by atoms with van der Waals surface area (Å²) in [5.74, 6) is 0.0876. The van der Waals surface area contributed by atoms with E-state index in [0.717, 1.165) is 22.4 Å². The summed E-state index contributed by atoms with van der Waals surface area (Å²) < 4.78 is 12.4. The third kappa shape index (κ3) is 3.23. The van der Waals surface area contributed by atoms with Crippen molar-refractivity contribution in [2.45, 2.75) is 0 Å². The lowest BCUT2D eigenvalue weighted by atomic mass is 10.1. The Balaban J connectivity index is 1.90. The summed E-state index contributed by atoms with van der Waals surface area (Å²) in [4.78, 5) is 21.0. The van der Waals surface area contributed by atoms with Crippen LogP contribution < -0.4 is 9.47 Å². The predicted molar refractivity (Wildman–Crippen MR) is 112 cm³/mol. The number of carboxylic acids is 1. The molecular formula is C21H17N3O4S. The number of nitrogens with zero attached hydrogens (tertiary/aromatic N) is 3. The third-order valence-corrected chi connectivity index (χ3v) is 5.51. The lowest BCUT2D eigenvalue weighted by Crippen LogP contribution is -1.95. The van der Waals surface area contributed by atoms with E-state index in [-0.39, 0.29) is 4.88 Å². The summed E-state index contributed by atoms with van der Waals surface area (Å²) in [5, 5.41) is 10.2. The average Bonchev–Trinajstić information content (AvgIpc) is 3.36. The lowest BCUT2D eigenvalue weighted by molar-refractivity contribution is 0.0702. The Kier molecular flexibility index (Phi) is 4.77. The van der Waals surface area contributed by atoms with Gasteiger partial charge >= 0.3 is 5.97 Å². The van der Waals surface area contributed by atoms with Crippen LogP contribution in [-0.4, -0.2) is 39.8 Å². The molecule has 0 bridgehead atoms. The van der Waals surface area contributed by atoms with E-state index in [2.05, 4.69) is 16.5 Å². The van der Waals surface area contributed by atoms with Gasteiger partial charge in [0.1, 0.15) is 11.2 Å². The van der Waals surface area contributed by atoms with E-state index in [1.54, 1.807) is 43.3 Å². The number of ether oxygens (including phenoxy) is 2. The smallest absolute Gasteiger partial charge is 0.348 e. The molecule has 8 heteroatoms. The SMILES string of the molecule is C=Cc1cccc(-c2nc(-n3cnc4cc(OC)c(OC)cc43)sc2C(=O)O)c1. The first kappa shape index (κ1) is 18.7. The van der Waals surface area contributed by atoms with Gasteiger partial charge in [0.15, 0.2) is 16.6 Å². The molecule has 1 N–H and O–H groups in total. The van der Waals surface area contributed by atoms with Crippen molar-refractivity contribution in [2.75, 3.05) is 14.2 Å². The van der Waals surface area contributed by atoms with Gasteiger partial charge in [-0.3, -0.25) is 4.57 Å². The van der Waals surface area contributed by atoms with Crippen molar-refractivity contribution in [2.24, 2.45) is 0 Å². The zero-order chi connectivity index (χ0) is 20.5. The number of fused-ring (bicyclic) bond motifs is 1. The molecule has 7 nitrogen and oxygen atoms in total. The van der Waals surface area contributed by atoms with E-state index in [0.29, 0.717) is 33.4 Å². The summed E-state index contributed by atoms with van der Waals surface area (Å²) >= 11 is 1.09. The molecule has 2 heterocycles. The van der Waals surface area contributed by atoms with Gasteiger partial charge in [-0.25, -0.2) is 14.8 Å². The largest absolute Gasteiger partial charge is 0.493 e. The van der Waals surface area contributed by atoms with E-state index in [1.807, 2.05) is 24.3 Å². The third-order valence-electron chi connectivity index (χ3n) is 4.46. The normalized spacial score (nSPS) is 10.8. The molecule has 0 aliphatic carbocycles. The van der Waals surface area contributed by atoms with Crippen molar-refractivity contribution < 1.29 is 19.4 Å². The Hall–Kier alpha value is -3.65. The minimum atomic E-state index is -1.03. The van der Waals surface area contributed by atoms with Crippen molar-refractivity contribution in [1.82, 2.24) is 14.5 Å². The average molecular weight is 407 g/mol. The van der Waals surface area contributed by atoms with Gasteiger partial charge in [-0.05, 0) is 11.6 Å². The standard InChI is InChI=1S/C21H17N3O4S/c1-4-12-6-5-7-13(8-12)18-19(20(25)26)29-21(23-18)24-11-22-14-9-16(27-2)17(28-3)10-15(14)24/h4-11H,1H2,2-3H3,(H,25,26). The first-order valence-corrected chi connectivity index (χ1v) is 9.43. The maximum absolute atomic E-state index is 11.9. The zero-order valence-electron chi connectivity index (χ0n) is 15.7. The number of aromatic carboxylic acids is 1. The molecule has 2 aromatic carbocycles. The molecule has 0 amide bonds.